The molecule has 0 aliphatic carbocycles. The molecule has 1 atom stereocenters. The standard InChI is InChI=1S/C9H22OSSi/c1-8(2)10-12(4,5)7-9(3)6-11/h8-9,11H,6-7H2,1-5H3. The first-order chi connectivity index (χ1) is 5.37. The van der Waals surface area contributed by atoms with Crippen molar-refractivity contribution in [1.82, 2.24) is 0 Å². The largest absolute Gasteiger partial charge is 0.415 e. The van der Waals surface area contributed by atoms with E-state index in [2.05, 4.69) is 46.5 Å². The zero-order valence-electron chi connectivity index (χ0n) is 8.92. The highest BCUT2D eigenvalue weighted by Crippen LogP contribution is 2.20. The molecule has 0 aliphatic heterocycles. The van der Waals surface area contributed by atoms with E-state index in [1.165, 1.54) is 6.04 Å². The molecule has 1 nitrogen and oxygen atoms in total. The zero-order chi connectivity index (χ0) is 9.78. The Morgan fingerprint density at radius 3 is 2.08 bits per heavy atom. The van der Waals surface area contributed by atoms with Gasteiger partial charge in [0.05, 0.1) is 0 Å². The summed E-state index contributed by atoms with van der Waals surface area (Å²) >= 11 is 4.28. The van der Waals surface area contributed by atoms with Crippen LogP contribution in [0, 0.1) is 5.92 Å². The molecule has 1 unspecified atom stereocenters. The third-order valence-corrected chi connectivity index (χ3v) is 5.12. The fraction of sp³-hybridized carbons (Fsp3) is 1.00. The van der Waals surface area contributed by atoms with Crippen molar-refractivity contribution in [3.63, 3.8) is 0 Å². The molecule has 12 heavy (non-hydrogen) atoms. The predicted molar refractivity (Wildman–Crippen MR) is 61.5 cm³/mol. The first-order valence-corrected chi connectivity index (χ1v) is 8.41. The summed E-state index contributed by atoms with van der Waals surface area (Å²) in [5.41, 5.74) is 0. The maximum atomic E-state index is 5.92. The van der Waals surface area contributed by atoms with Gasteiger partial charge in [-0.1, -0.05) is 6.92 Å². The normalized spacial score (nSPS) is 15.2. The molecular formula is C9H22OSSi. The molecule has 0 saturated heterocycles. The summed E-state index contributed by atoms with van der Waals surface area (Å²) in [5.74, 6) is 1.66. The third-order valence-electron chi connectivity index (χ3n) is 1.71. The van der Waals surface area contributed by atoms with Crippen molar-refractivity contribution in [3.05, 3.63) is 0 Å². The molecule has 3 heteroatoms. The van der Waals surface area contributed by atoms with Gasteiger partial charge < -0.3 is 4.43 Å². The monoisotopic (exact) mass is 206 g/mol. The molecule has 0 aliphatic rings. The van der Waals surface area contributed by atoms with Gasteiger partial charge in [-0.05, 0) is 44.7 Å². The lowest BCUT2D eigenvalue weighted by molar-refractivity contribution is 0.229. The lowest BCUT2D eigenvalue weighted by Crippen LogP contribution is -2.35. The second kappa shape index (κ2) is 5.30. The summed E-state index contributed by atoms with van der Waals surface area (Å²) in [6.45, 7) is 11.0. The maximum Gasteiger partial charge on any atom is 0.187 e. The van der Waals surface area contributed by atoms with Crippen LogP contribution in [0.2, 0.25) is 19.1 Å². The van der Waals surface area contributed by atoms with Gasteiger partial charge in [-0.2, -0.15) is 12.6 Å². The highest BCUT2D eigenvalue weighted by atomic mass is 32.1. The molecule has 0 rings (SSSR count). The quantitative estimate of drug-likeness (QED) is 0.537. The number of hydrogen-bond acceptors (Lipinski definition) is 2. The van der Waals surface area contributed by atoms with Crippen LogP contribution in [0.4, 0.5) is 0 Å². The average Bonchev–Trinajstić information content (AvgIpc) is 1.83. The molecule has 0 heterocycles. The molecule has 0 aromatic heterocycles. The molecule has 74 valence electrons. The molecule has 0 aromatic rings. The van der Waals surface area contributed by atoms with Crippen LogP contribution >= 0.6 is 12.6 Å². The fourth-order valence-electron chi connectivity index (χ4n) is 1.59. The van der Waals surface area contributed by atoms with Crippen molar-refractivity contribution in [3.8, 4) is 0 Å². The first-order valence-electron chi connectivity index (χ1n) is 4.66. The summed E-state index contributed by atoms with van der Waals surface area (Å²) in [6.07, 6.45) is 0.374. The van der Waals surface area contributed by atoms with Gasteiger partial charge >= 0.3 is 0 Å². The van der Waals surface area contributed by atoms with Gasteiger partial charge in [0, 0.05) is 6.10 Å². The minimum atomic E-state index is -1.40. The summed E-state index contributed by atoms with van der Waals surface area (Å²) in [7, 11) is -1.40. The highest BCUT2D eigenvalue weighted by Gasteiger charge is 2.25. The van der Waals surface area contributed by atoms with Gasteiger partial charge in [0.15, 0.2) is 8.32 Å². The van der Waals surface area contributed by atoms with Crippen LogP contribution in [-0.4, -0.2) is 20.2 Å². The van der Waals surface area contributed by atoms with Gasteiger partial charge in [0.1, 0.15) is 0 Å². The topological polar surface area (TPSA) is 9.23 Å². The molecule has 0 radical (unpaired) electrons. The molecule has 0 spiro atoms. The lowest BCUT2D eigenvalue weighted by atomic mass is 10.3. The van der Waals surface area contributed by atoms with E-state index in [1.54, 1.807) is 0 Å². The molecule has 0 saturated carbocycles. The van der Waals surface area contributed by atoms with E-state index >= 15 is 0 Å². The van der Waals surface area contributed by atoms with Gasteiger partial charge in [-0.3, -0.25) is 0 Å². The van der Waals surface area contributed by atoms with E-state index in [1.807, 2.05) is 0 Å². The fourth-order valence-corrected chi connectivity index (χ4v) is 5.16. The second-order valence-corrected chi connectivity index (χ2v) is 8.95. The summed E-state index contributed by atoms with van der Waals surface area (Å²) in [4.78, 5) is 0. The molecule has 0 fully saturated rings. The van der Waals surface area contributed by atoms with Crippen LogP contribution in [-0.2, 0) is 4.43 Å². The Bertz CT molecular complexity index is 126. The van der Waals surface area contributed by atoms with E-state index in [4.69, 9.17) is 4.43 Å². The van der Waals surface area contributed by atoms with Crippen molar-refractivity contribution in [2.45, 2.75) is 46.0 Å². The Morgan fingerprint density at radius 2 is 1.75 bits per heavy atom. The number of rotatable bonds is 5. The van der Waals surface area contributed by atoms with Crippen LogP contribution in [0.1, 0.15) is 20.8 Å². The predicted octanol–water partition coefficient (Wildman–Crippen LogP) is 3.18. The van der Waals surface area contributed by atoms with Crippen LogP contribution in [0.15, 0.2) is 0 Å². The third kappa shape index (κ3) is 6.09. The van der Waals surface area contributed by atoms with Gasteiger partial charge in [-0.15, -0.1) is 0 Å². The zero-order valence-corrected chi connectivity index (χ0v) is 10.8. The Labute approximate surface area is 83.4 Å². The average molecular weight is 206 g/mol. The molecule has 0 aromatic carbocycles. The van der Waals surface area contributed by atoms with Crippen molar-refractivity contribution >= 4 is 20.9 Å². The lowest BCUT2D eigenvalue weighted by Gasteiger charge is -2.27. The minimum Gasteiger partial charge on any atom is -0.415 e. The van der Waals surface area contributed by atoms with E-state index in [0.29, 0.717) is 12.0 Å². The smallest absolute Gasteiger partial charge is 0.187 e. The van der Waals surface area contributed by atoms with Gasteiger partial charge in [0.2, 0.25) is 0 Å². The number of hydrogen-bond donors (Lipinski definition) is 1. The first kappa shape index (κ1) is 12.5. The Hall–Kier alpha value is 0.527. The summed E-state index contributed by atoms with van der Waals surface area (Å²) < 4.78 is 5.92. The minimum absolute atomic E-state index is 0.374. The Balaban J connectivity index is 3.85. The van der Waals surface area contributed by atoms with Crippen LogP contribution in [0.5, 0.6) is 0 Å². The Morgan fingerprint density at radius 1 is 1.25 bits per heavy atom. The molecule has 0 N–H and O–H groups in total. The SMILES string of the molecule is CC(CS)C[Si](C)(C)OC(C)C. The summed E-state index contributed by atoms with van der Waals surface area (Å²) in [6, 6.07) is 1.22. The molecule has 0 amide bonds. The Kier molecular flexibility index (Phi) is 5.53. The van der Waals surface area contributed by atoms with E-state index in [-0.39, 0.29) is 0 Å². The van der Waals surface area contributed by atoms with Crippen molar-refractivity contribution < 1.29 is 4.43 Å². The molecular weight excluding hydrogens is 184 g/mol. The van der Waals surface area contributed by atoms with Crippen LogP contribution in [0.3, 0.4) is 0 Å². The van der Waals surface area contributed by atoms with E-state index < -0.39 is 8.32 Å². The van der Waals surface area contributed by atoms with Crippen molar-refractivity contribution in [2.75, 3.05) is 5.75 Å². The second-order valence-electron chi connectivity index (χ2n) is 4.42. The summed E-state index contributed by atoms with van der Waals surface area (Å²) in [5, 5.41) is 0. The van der Waals surface area contributed by atoms with Crippen LogP contribution in [0.25, 0.3) is 0 Å². The number of thiol groups is 1. The maximum absolute atomic E-state index is 5.92. The van der Waals surface area contributed by atoms with Crippen molar-refractivity contribution in [1.29, 1.82) is 0 Å². The van der Waals surface area contributed by atoms with Gasteiger partial charge in [-0.25, -0.2) is 0 Å². The van der Waals surface area contributed by atoms with E-state index in [0.717, 1.165) is 5.75 Å². The van der Waals surface area contributed by atoms with Gasteiger partial charge in [0.25, 0.3) is 0 Å². The van der Waals surface area contributed by atoms with E-state index in [9.17, 15) is 0 Å². The molecule has 0 bridgehead atoms. The highest BCUT2D eigenvalue weighted by molar-refractivity contribution is 7.80. The van der Waals surface area contributed by atoms with Crippen LogP contribution < -0.4 is 0 Å². The van der Waals surface area contributed by atoms with Crippen molar-refractivity contribution in [2.24, 2.45) is 5.92 Å².